The van der Waals surface area contributed by atoms with E-state index in [0.29, 0.717) is 57.4 Å². The Kier molecular flexibility index (Phi) is 6.12. The predicted molar refractivity (Wildman–Crippen MR) is 157 cm³/mol. The van der Waals surface area contributed by atoms with Crippen LogP contribution in [0.4, 0.5) is 5.69 Å². The number of aryl methyl sites for hydroxylation is 1. The molecule has 0 N–H and O–H groups in total. The number of furan rings is 1. The lowest BCUT2D eigenvalue weighted by atomic mass is 10.1. The summed E-state index contributed by atoms with van der Waals surface area (Å²) < 4.78 is 25.0. The molecule has 3 aromatic carbocycles. The minimum atomic E-state index is 0.0127. The van der Waals surface area contributed by atoms with Gasteiger partial charge < -0.3 is 23.5 Å². The number of carbonyl (C=O) groups is 1. The summed E-state index contributed by atoms with van der Waals surface area (Å²) in [6, 6.07) is 19.4. The van der Waals surface area contributed by atoms with E-state index in [0.717, 1.165) is 34.2 Å². The molecule has 3 aromatic heterocycles. The van der Waals surface area contributed by atoms with Crippen molar-refractivity contribution in [2.75, 3.05) is 25.7 Å². The molecule has 1 amide bonds. The Bertz CT molecular complexity index is 1910. The standard InChI is InChI=1S/C31H26N4O5S/c1-18-6-4-7-19(12-18)29(36)34-11-10-22-20(8-5-9-25(22)34)17-39-26-13-21(37-2)14-27-23(26)15-28(40-27)24-16-35-30(32-24)41-31(33-35)38-3/h4-9,12-16H,10-11,17H2,1-3H3. The van der Waals surface area contributed by atoms with Gasteiger partial charge in [-0.25, -0.2) is 9.50 Å². The fourth-order valence-electron chi connectivity index (χ4n) is 5.27. The number of benzene rings is 3. The zero-order chi connectivity index (χ0) is 28.1. The first-order valence-corrected chi connectivity index (χ1v) is 14.0. The molecule has 0 spiro atoms. The van der Waals surface area contributed by atoms with Crippen molar-refractivity contribution in [3.05, 3.63) is 89.1 Å². The number of anilines is 1. The maximum atomic E-state index is 13.3. The molecule has 0 saturated heterocycles. The molecule has 6 aromatic rings. The summed E-state index contributed by atoms with van der Waals surface area (Å²) in [5.74, 6) is 1.87. The summed E-state index contributed by atoms with van der Waals surface area (Å²) in [4.78, 5) is 20.5. The highest BCUT2D eigenvalue weighted by molar-refractivity contribution is 7.18. The molecule has 1 aliphatic rings. The number of hydrogen-bond donors (Lipinski definition) is 0. The van der Waals surface area contributed by atoms with Gasteiger partial charge in [-0.1, -0.05) is 29.8 Å². The molecule has 0 atom stereocenters. The van der Waals surface area contributed by atoms with Crippen LogP contribution in [0.5, 0.6) is 16.7 Å². The molecule has 0 bridgehead atoms. The van der Waals surface area contributed by atoms with E-state index in [1.165, 1.54) is 11.3 Å². The molecule has 0 fully saturated rings. The van der Waals surface area contributed by atoms with Gasteiger partial charge in [0.2, 0.25) is 4.96 Å². The van der Waals surface area contributed by atoms with Crippen LogP contribution >= 0.6 is 11.3 Å². The van der Waals surface area contributed by atoms with Crippen molar-refractivity contribution >= 4 is 38.9 Å². The number of amides is 1. The van der Waals surface area contributed by atoms with Crippen molar-refractivity contribution in [3.8, 4) is 28.1 Å². The number of ether oxygens (including phenoxy) is 3. The first-order valence-electron chi connectivity index (χ1n) is 13.1. The molecule has 7 rings (SSSR count). The van der Waals surface area contributed by atoms with Crippen LogP contribution in [0.25, 0.3) is 27.4 Å². The molecule has 1 aliphatic heterocycles. The molecule has 4 heterocycles. The second kappa shape index (κ2) is 9.97. The van der Waals surface area contributed by atoms with Gasteiger partial charge in [-0.05, 0) is 60.1 Å². The van der Waals surface area contributed by atoms with Crippen molar-refractivity contribution in [2.24, 2.45) is 0 Å². The van der Waals surface area contributed by atoms with Crippen molar-refractivity contribution in [2.45, 2.75) is 20.0 Å². The zero-order valence-electron chi connectivity index (χ0n) is 22.7. The molecule has 9 nitrogen and oxygen atoms in total. The minimum Gasteiger partial charge on any atom is -0.496 e. The SMILES string of the molecule is COc1cc(OCc2cccc3c2CCN3C(=O)c2cccc(C)c2)c2cc(-c3cn4nc(OC)sc4n3)oc2c1. The number of hydrogen-bond acceptors (Lipinski definition) is 8. The fourth-order valence-corrected chi connectivity index (χ4v) is 5.97. The summed E-state index contributed by atoms with van der Waals surface area (Å²) in [5, 5.41) is 5.70. The third-order valence-corrected chi connectivity index (χ3v) is 8.16. The van der Waals surface area contributed by atoms with Crippen LogP contribution < -0.4 is 19.1 Å². The Hall–Kier alpha value is -4.83. The van der Waals surface area contributed by atoms with E-state index in [1.54, 1.807) is 24.9 Å². The van der Waals surface area contributed by atoms with Gasteiger partial charge in [0.15, 0.2) is 5.76 Å². The molecule has 0 aliphatic carbocycles. The second-order valence-electron chi connectivity index (χ2n) is 9.85. The maximum Gasteiger partial charge on any atom is 0.294 e. The lowest BCUT2D eigenvalue weighted by Gasteiger charge is -2.18. The van der Waals surface area contributed by atoms with Gasteiger partial charge >= 0.3 is 0 Å². The van der Waals surface area contributed by atoms with E-state index < -0.39 is 0 Å². The Morgan fingerprint density at radius 3 is 2.76 bits per heavy atom. The summed E-state index contributed by atoms with van der Waals surface area (Å²) in [7, 11) is 3.19. The second-order valence-corrected chi connectivity index (χ2v) is 10.8. The van der Waals surface area contributed by atoms with E-state index in [2.05, 4.69) is 16.1 Å². The van der Waals surface area contributed by atoms with Crippen LogP contribution in [0.2, 0.25) is 0 Å². The van der Waals surface area contributed by atoms with E-state index in [-0.39, 0.29) is 5.91 Å². The van der Waals surface area contributed by atoms with Gasteiger partial charge in [-0.15, -0.1) is 5.10 Å². The fraction of sp³-hybridized carbons (Fsp3) is 0.194. The van der Waals surface area contributed by atoms with E-state index >= 15 is 0 Å². The van der Waals surface area contributed by atoms with Crippen molar-refractivity contribution < 1.29 is 23.4 Å². The first-order chi connectivity index (χ1) is 20.0. The molecular weight excluding hydrogens is 540 g/mol. The number of fused-ring (bicyclic) bond motifs is 3. The highest BCUT2D eigenvalue weighted by atomic mass is 32.1. The van der Waals surface area contributed by atoms with E-state index in [4.69, 9.17) is 18.6 Å². The maximum absolute atomic E-state index is 13.3. The Morgan fingerprint density at radius 2 is 1.95 bits per heavy atom. The highest BCUT2D eigenvalue weighted by Gasteiger charge is 2.27. The largest absolute Gasteiger partial charge is 0.496 e. The average molecular weight is 567 g/mol. The van der Waals surface area contributed by atoms with Gasteiger partial charge in [0.05, 0.1) is 25.8 Å². The van der Waals surface area contributed by atoms with Crippen molar-refractivity contribution in [1.29, 1.82) is 0 Å². The number of rotatable bonds is 7. The molecule has 0 radical (unpaired) electrons. The summed E-state index contributed by atoms with van der Waals surface area (Å²) >= 11 is 1.35. The topological polar surface area (TPSA) is 91.3 Å². The van der Waals surface area contributed by atoms with E-state index in [9.17, 15) is 4.79 Å². The number of nitrogens with zero attached hydrogens (tertiary/aromatic N) is 4. The van der Waals surface area contributed by atoms with Crippen LogP contribution in [0.15, 0.2) is 71.3 Å². The monoisotopic (exact) mass is 566 g/mol. The van der Waals surface area contributed by atoms with Crippen LogP contribution in [0.3, 0.4) is 0 Å². The minimum absolute atomic E-state index is 0.0127. The molecule has 0 saturated carbocycles. The third kappa shape index (κ3) is 4.46. The smallest absolute Gasteiger partial charge is 0.294 e. The van der Waals surface area contributed by atoms with Crippen LogP contribution in [0.1, 0.15) is 27.0 Å². The quantitative estimate of drug-likeness (QED) is 0.224. The highest BCUT2D eigenvalue weighted by Crippen LogP contribution is 2.38. The van der Waals surface area contributed by atoms with Gasteiger partial charge in [0.25, 0.3) is 11.1 Å². The Morgan fingerprint density at radius 1 is 1.07 bits per heavy atom. The molecule has 0 unspecified atom stereocenters. The Balaban J connectivity index is 1.17. The van der Waals surface area contributed by atoms with Crippen molar-refractivity contribution in [1.82, 2.24) is 14.6 Å². The van der Waals surface area contributed by atoms with Crippen LogP contribution in [-0.2, 0) is 13.0 Å². The lowest BCUT2D eigenvalue weighted by Crippen LogP contribution is -2.28. The summed E-state index contributed by atoms with van der Waals surface area (Å²) in [6.45, 7) is 2.97. The summed E-state index contributed by atoms with van der Waals surface area (Å²) in [6.07, 6.45) is 2.58. The van der Waals surface area contributed by atoms with Gasteiger partial charge in [-0.3, -0.25) is 4.79 Å². The molecule has 206 valence electrons. The first kappa shape index (κ1) is 25.2. The van der Waals surface area contributed by atoms with Crippen molar-refractivity contribution in [3.63, 3.8) is 0 Å². The Labute approximate surface area is 239 Å². The molecular formula is C31H26N4O5S. The molecule has 41 heavy (non-hydrogen) atoms. The number of carbonyl (C=O) groups excluding carboxylic acids is 1. The normalized spacial score (nSPS) is 12.7. The van der Waals surface area contributed by atoms with E-state index in [1.807, 2.05) is 66.4 Å². The molecule has 10 heteroatoms. The number of aromatic nitrogens is 3. The summed E-state index contributed by atoms with van der Waals surface area (Å²) in [5.41, 5.74) is 6.15. The third-order valence-electron chi connectivity index (χ3n) is 7.28. The van der Waals surface area contributed by atoms with Gasteiger partial charge in [0.1, 0.15) is 29.4 Å². The number of methoxy groups -OCH3 is 2. The average Bonchev–Trinajstić information content (AvgIpc) is 3.76. The predicted octanol–water partition coefficient (Wildman–Crippen LogP) is 6.31. The lowest BCUT2D eigenvalue weighted by molar-refractivity contribution is 0.0989. The van der Waals surface area contributed by atoms with Crippen LogP contribution in [-0.4, -0.2) is 41.3 Å². The zero-order valence-corrected chi connectivity index (χ0v) is 23.5. The van der Waals surface area contributed by atoms with Crippen LogP contribution in [0, 0.1) is 6.92 Å². The van der Waals surface area contributed by atoms with Gasteiger partial charge in [0, 0.05) is 29.9 Å². The number of imidazole rings is 1. The van der Waals surface area contributed by atoms with Gasteiger partial charge in [-0.2, -0.15) is 0 Å².